The highest BCUT2D eigenvalue weighted by atomic mass is 16.7. The Kier molecular flexibility index (Phi) is 6.31. The number of carbonyl (C=O) groups is 1. The van der Waals surface area contributed by atoms with Crippen LogP contribution in [0.15, 0.2) is 30.3 Å². The number of urea groups is 1. The highest BCUT2D eigenvalue weighted by Gasteiger charge is 2.24. The number of aliphatic hydroxyl groups excluding tert-OH is 1. The van der Waals surface area contributed by atoms with Crippen LogP contribution in [0.1, 0.15) is 0 Å². The van der Waals surface area contributed by atoms with Gasteiger partial charge < -0.3 is 34.6 Å². The Balaban J connectivity index is 1.11. The van der Waals surface area contributed by atoms with Crippen molar-refractivity contribution >= 4 is 23.4 Å². The van der Waals surface area contributed by atoms with E-state index in [9.17, 15) is 4.79 Å². The van der Waals surface area contributed by atoms with E-state index in [2.05, 4.69) is 30.2 Å². The minimum Gasteiger partial charge on any atom is -0.454 e. The number of aliphatic hydroxyl groups is 1. The molecule has 1 aromatic heterocycles. The minimum absolute atomic E-state index is 0.129. The molecular weight excluding hydrogens is 426 g/mol. The van der Waals surface area contributed by atoms with Crippen LogP contribution in [-0.4, -0.2) is 103 Å². The Hall–Kier alpha value is -3.31. The van der Waals surface area contributed by atoms with E-state index in [0.29, 0.717) is 43.4 Å². The maximum atomic E-state index is 12.7. The summed E-state index contributed by atoms with van der Waals surface area (Å²) in [5, 5.41) is 20.9. The van der Waals surface area contributed by atoms with E-state index in [1.54, 1.807) is 17.0 Å². The Labute approximate surface area is 192 Å². The van der Waals surface area contributed by atoms with Crippen LogP contribution < -0.4 is 24.6 Å². The van der Waals surface area contributed by atoms with Gasteiger partial charge in [0.1, 0.15) is 0 Å². The molecule has 11 nitrogen and oxygen atoms in total. The zero-order valence-electron chi connectivity index (χ0n) is 18.5. The van der Waals surface area contributed by atoms with Crippen LogP contribution in [-0.2, 0) is 0 Å². The maximum Gasteiger partial charge on any atom is 0.321 e. The Morgan fingerprint density at radius 3 is 2.15 bits per heavy atom. The molecule has 0 saturated carbocycles. The first-order chi connectivity index (χ1) is 16.2. The number of β-amino-alcohol motifs (C(OH)–C–C–N with tert-alkyl or cyclic N) is 1. The second-order valence-electron chi connectivity index (χ2n) is 8.27. The van der Waals surface area contributed by atoms with Crippen LogP contribution >= 0.6 is 0 Å². The van der Waals surface area contributed by atoms with E-state index in [0.717, 1.165) is 44.4 Å². The van der Waals surface area contributed by atoms with Crippen molar-refractivity contribution in [3.63, 3.8) is 0 Å². The summed E-state index contributed by atoms with van der Waals surface area (Å²) in [5.41, 5.74) is 0.685. The van der Waals surface area contributed by atoms with Crippen LogP contribution in [0.5, 0.6) is 11.5 Å². The van der Waals surface area contributed by atoms with Gasteiger partial charge in [0, 0.05) is 70.7 Å². The van der Waals surface area contributed by atoms with Crippen molar-refractivity contribution < 1.29 is 19.4 Å². The SMILES string of the molecule is O=C(Nc1ccc2c(c1)OCO2)N1CCN(c2ccc(N3CCN(CCO)CC3)nn2)CC1. The molecule has 0 spiro atoms. The van der Waals surface area contributed by atoms with Crippen LogP contribution in [0.4, 0.5) is 22.1 Å². The number of benzene rings is 1. The van der Waals surface area contributed by atoms with Crippen LogP contribution in [0.2, 0.25) is 0 Å². The standard InChI is InChI=1S/C22H29N7O4/c30-14-13-26-5-7-27(8-6-26)20-3-4-21(25-24-20)28-9-11-29(12-10-28)22(31)23-17-1-2-18-19(15-17)33-16-32-18/h1-4,15,30H,5-14,16H2,(H,23,31). The topological polar surface area (TPSA) is 107 Å². The summed E-state index contributed by atoms with van der Waals surface area (Å²) in [6.07, 6.45) is 0. The van der Waals surface area contributed by atoms with E-state index < -0.39 is 0 Å². The largest absolute Gasteiger partial charge is 0.454 e. The number of carbonyl (C=O) groups excluding carboxylic acids is 1. The number of piperazine rings is 2. The van der Waals surface area contributed by atoms with Gasteiger partial charge in [0.25, 0.3) is 0 Å². The van der Waals surface area contributed by atoms with Crippen molar-refractivity contribution in [2.24, 2.45) is 0 Å². The molecule has 5 rings (SSSR count). The minimum atomic E-state index is -0.129. The van der Waals surface area contributed by atoms with Gasteiger partial charge in [-0.25, -0.2) is 4.79 Å². The fraction of sp³-hybridized carbons (Fsp3) is 0.500. The molecule has 2 fully saturated rings. The lowest BCUT2D eigenvalue weighted by molar-refractivity contribution is 0.174. The molecule has 2 aromatic rings. The molecule has 0 radical (unpaired) electrons. The lowest BCUT2D eigenvalue weighted by Gasteiger charge is -2.36. The van der Waals surface area contributed by atoms with E-state index in [4.69, 9.17) is 14.6 Å². The first-order valence-corrected chi connectivity index (χ1v) is 11.3. The number of amides is 2. The highest BCUT2D eigenvalue weighted by Crippen LogP contribution is 2.34. The first kappa shape index (κ1) is 21.5. The predicted molar refractivity (Wildman–Crippen MR) is 123 cm³/mol. The van der Waals surface area contributed by atoms with E-state index >= 15 is 0 Å². The molecule has 0 unspecified atom stereocenters. The number of nitrogens with one attached hydrogen (secondary N) is 1. The molecule has 2 amide bonds. The molecule has 2 N–H and O–H groups in total. The van der Waals surface area contributed by atoms with Crippen molar-refractivity contribution in [2.75, 3.05) is 87.4 Å². The fourth-order valence-electron chi connectivity index (χ4n) is 4.31. The Morgan fingerprint density at radius 1 is 0.879 bits per heavy atom. The van der Waals surface area contributed by atoms with Crippen LogP contribution in [0, 0.1) is 0 Å². The monoisotopic (exact) mass is 455 g/mol. The van der Waals surface area contributed by atoms with E-state index in [-0.39, 0.29) is 19.4 Å². The van der Waals surface area contributed by atoms with Crippen molar-refractivity contribution in [1.29, 1.82) is 0 Å². The van der Waals surface area contributed by atoms with Crippen molar-refractivity contribution in [2.45, 2.75) is 0 Å². The number of hydrogen-bond donors (Lipinski definition) is 2. The third-order valence-electron chi connectivity index (χ3n) is 6.26. The third-order valence-corrected chi connectivity index (χ3v) is 6.26. The van der Waals surface area contributed by atoms with Gasteiger partial charge in [-0.2, -0.15) is 0 Å². The molecule has 3 aliphatic rings. The second kappa shape index (κ2) is 9.67. The average Bonchev–Trinajstić information content (AvgIpc) is 3.33. The summed E-state index contributed by atoms with van der Waals surface area (Å²) in [7, 11) is 0. The molecule has 0 aliphatic carbocycles. The van der Waals surface area contributed by atoms with Gasteiger partial charge in [-0.15, -0.1) is 10.2 Å². The van der Waals surface area contributed by atoms with Gasteiger partial charge in [0.2, 0.25) is 6.79 Å². The van der Waals surface area contributed by atoms with Gasteiger partial charge in [-0.1, -0.05) is 0 Å². The van der Waals surface area contributed by atoms with Gasteiger partial charge in [0.15, 0.2) is 23.1 Å². The zero-order chi connectivity index (χ0) is 22.6. The average molecular weight is 456 g/mol. The lowest BCUT2D eigenvalue weighted by Crippen LogP contribution is -2.50. The zero-order valence-corrected chi connectivity index (χ0v) is 18.5. The molecule has 0 bridgehead atoms. The summed E-state index contributed by atoms with van der Waals surface area (Å²) in [6, 6.07) is 9.28. The van der Waals surface area contributed by atoms with Gasteiger partial charge >= 0.3 is 6.03 Å². The smallest absolute Gasteiger partial charge is 0.321 e. The second-order valence-corrected chi connectivity index (χ2v) is 8.27. The summed E-state index contributed by atoms with van der Waals surface area (Å²) < 4.78 is 10.7. The van der Waals surface area contributed by atoms with Crippen LogP contribution in [0.25, 0.3) is 0 Å². The van der Waals surface area contributed by atoms with E-state index in [1.165, 1.54) is 0 Å². The molecule has 2 saturated heterocycles. The number of nitrogens with zero attached hydrogens (tertiary/aromatic N) is 6. The Bertz CT molecular complexity index is 958. The number of hydrogen-bond acceptors (Lipinski definition) is 9. The molecule has 11 heteroatoms. The molecule has 3 aliphatic heterocycles. The maximum absolute atomic E-state index is 12.7. The predicted octanol–water partition coefficient (Wildman–Crippen LogP) is 0.674. The summed E-state index contributed by atoms with van der Waals surface area (Å²) in [5.74, 6) is 3.04. The summed E-state index contributed by atoms with van der Waals surface area (Å²) >= 11 is 0. The lowest BCUT2D eigenvalue weighted by atomic mass is 10.2. The number of fused-ring (bicyclic) bond motifs is 1. The molecule has 1 aromatic carbocycles. The quantitative estimate of drug-likeness (QED) is 0.673. The van der Waals surface area contributed by atoms with Crippen molar-refractivity contribution in [3.8, 4) is 11.5 Å². The molecule has 176 valence electrons. The highest BCUT2D eigenvalue weighted by molar-refractivity contribution is 5.90. The number of aromatic nitrogens is 2. The fourth-order valence-corrected chi connectivity index (χ4v) is 4.31. The summed E-state index contributed by atoms with van der Waals surface area (Å²) in [4.78, 5) is 21.1. The molecule has 4 heterocycles. The van der Waals surface area contributed by atoms with Crippen molar-refractivity contribution in [1.82, 2.24) is 20.0 Å². The van der Waals surface area contributed by atoms with E-state index in [1.807, 2.05) is 18.2 Å². The van der Waals surface area contributed by atoms with Gasteiger partial charge in [-0.3, -0.25) is 4.90 Å². The Morgan fingerprint density at radius 2 is 1.52 bits per heavy atom. The molecular formula is C22H29N7O4. The third kappa shape index (κ3) is 4.88. The molecule has 33 heavy (non-hydrogen) atoms. The normalized spacial score (nSPS) is 18.5. The summed E-state index contributed by atoms with van der Waals surface area (Å²) in [6.45, 7) is 7.32. The number of rotatable bonds is 5. The van der Waals surface area contributed by atoms with Gasteiger partial charge in [-0.05, 0) is 24.3 Å². The van der Waals surface area contributed by atoms with Gasteiger partial charge in [0.05, 0.1) is 6.61 Å². The van der Waals surface area contributed by atoms with Crippen LogP contribution in [0.3, 0.4) is 0 Å². The van der Waals surface area contributed by atoms with Crippen molar-refractivity contribution in [3.05, 3.63) is 30.3 Å². The molecule has 0 atom stereocenters. The first-order valence-electron chi connectivity index (χ1n) is 11.3. The number of anilines is 3. The number of ether oxygens (including phenoxy) is 2.